The molecule has 0 N–H and O–H groups in total. The van der Waals surface area contributed by atoms with Gasteiger partial charge in [-0.15, -0.1) is 10.2 Å². The number of rotatable bonds is 2. The van der Waals surface area contributed by atoms with Crippen LogP contribution in [0.15, 0.2) is 34.5 Å². The summed E-state index contributed by atoms with van der Waals surface area (Å²) < 4.78 is 2.99. The Morgan fingerprint density at radius 2 is 1.85 bits per heavy atom. The summed E-state index contributed by atoms with van der Waals surface area (Å²) >= 11 is 3.62. The summed E-state index contributed by atoms with van der Waals surface area (Å²) in [6, 6.07) is 5.90. The van der Waals surface area contributed by atoms with Gasteiger partial charge in [0, 0.05) is 17.2 Å². The predicted octanol–water partition coefficient (Wildman–Crippen LogP) is 2.85. The molecular weight excluding hydrogens is 318 g/mol. The lowest BCUT2D eigenvalue weighted by Crippen LogP contribution is -2.30. The van der Waals surface area contributed by atoms with Gasteiger partial charge in [0.05, 0.1) is 12.2 Å². The maximum Gasteiger partial charge on any atom is 0.175 e. The van der Waals surface area contributed by atoms with Gasteiger partial charge in [-0.05, 0) is 38.5 Å². The first-order valence-corrected chi connectivity index (χ1v) is 7.38. The molecule has 0 radical (unpaired) electrons. The highest BCUT2D eigenvalue weighted by atomic mass is 79.9. The highest BCUT2D eigenvalue weighted by Gasteiger charge is 2.16. The number of halogens is 1. The van der Waals surface area contributed by atoms with Crippen molar-refractivity contribution in [2.24, 2.45) is 0 Å². The zero-order chi connectivity index (χ0) is 14.1. The zero-order valence-corrected chi connectivity index (χ0v) is 13.1. The van der Waals surface area contributed by atoms with E-state index in [9.17, 15) is 0 Å². The number of hydrogen-bond acceptors (Lipinski definition) is 4. The first-order valence-electron chi connectivity index (χ1n) is 6.59. The molecule has 0 unspecified atom stereocenters. The summed E-state index contributed by atoms with van der Waals surface area (Å²) in [5.41, 5.74) is 2.38. The van der Waals surface area contributed by atoms with Crippen molar-refractivity contribution in [2.75, 3.05) is 18.0 Å². The van der Waals surface area contributed by atoms with E-state index in [1.54, 1.807) is 4.68 Å². The molecule has 0 saturated carbocycles. The molecule has 20 heavy (non-hydrogen) atoms. The molecule has 0 fully saturated rings. The van der Waals surface area contributed by atoms with Crippen LogP contribution in [0.25, 0.3) is 5.82 Å². The first-order chi connectivity index (χ1) is 9.63. The summed E-state index contributed by atoms with van der Waals surface area (Å²) in [5.74, 6) is 1.65. The molecule has 5 nitrogen and oxygen atoms in total. The highest BCUT2D eigenvalue weighted by Crippen LogP contribution is 2.25. The van der Waals surface area contributed by atoms with Crippen LogP contribution in [0.1, 0.15) is 19.0 Å². The van der Waals surface area contributed by atoms with Crippen LogP contribution >= 0.6 is 15.9 Å². The summed E-state index contributed by atoms with van der Waals surface area (Å²) in [5, 5.41) is 12.9. The average Bonchev–Trinajstić information content (AvgIpc) is 2.89. The van der Waals surface area contributed by atoms with Crippen molar-refractivity contribution >= 4 is 21.7 Å². The summed E-state index contributed by atoms with van der Waals surface area (Å²) in [4.78, 5) is 2.22. The fourth-order valence-corrected chi connectivity index (χ4v) is 2.67. The Balaban J connectivity index is 1.80. The number of nitrogens with zero attached hydrogens (tertiary/aromatic N) is 5. The molecule has 0 spiro atoms. The van der Waals surface area contributed by atoms with E-state index >= 15 is 0 Å². The molecule has 0 aliphatic carbocycles. The number of aromatic nitrogens is 4. The Morgan fingerprint density at radius 1 is 1.10 bits per heavy atom. The van der Waals surface area contributed by atoms with Crippen molar-refractivity contribution < 1.29 is 0 Å². The topological polar surface area (TPSA) is 46.8 Å². The van der Waals surface area contributed by atoms with Crippen LogP contribution in [0.3, 0.4) is 0 Å². The van der Waals surface area contributed by atoms with Gasteiger partial charge >= 0.3 is 0 Å². The van der Waals surface area contributed by atoms with Gasteiger partial charge in [0.25, 0.3) is 0 Å². The largest absolute Gasteiger partial charge is 0.350 e. The van der Waals surface area contributed by atoms with Crippen LogP contribution in [0.5, 0.6) is 0 Å². The molecule has 3 rings (SSSR count). The van der Waals surface area contributed by atoms with E-state index in [1.807, 2.05) is 31.3 Å². The minimum absolute atomic E-state index is 0.740. The summed E-state index contributed by atoms with van der Waals surface area (Å²) in [6.45, 7) is 5.96. The van der Waals surface area contributed by atoms with Gasteiger partial charge in [-0.25, -0.2) is 4.68 Å². The van der Waals surface area contributed by atoms with E-state index in [1.165, 1.54) is 10.1 Å². The molecular formula is C14H16BrN5. The predicted molar refractivity (Wildman–Crippen MR) is 82.3 cm³/mol. The van der Waals surface area contributed by atoms with Gasteiger partial charge in [0.2, 0.25) is 0 Å². The van der Waals surface area contributed by atoms with Crippen LogP contribution in [-0.4, -0.2) is 33.1 Å². The molecule has 6 heteroatoms. The van der Waals surface area contributed by atoms with E-state index in [0.29, 0.717) is 0 Å². The van der Waals surface area contributed by atoms with Crippen molar-refractivity contribution in [1.29, 1.82) is 0 Å². The third-order valence-electron chi connectivity index (χ3n) is 3.47. The lowest BCUT2D eigenvalue weighted by molar-refractivity contribution is 0.747. The normalized spacial score (nSPS) is 15.8. The number of anilines is 1. The molecule has 1 aliphatic rings. The Kier molecular flexibility index (Phi) is 3.56. The third-order valence-corrected chi connectivity index (χ3v) is 4.39. The van der Waals surface area contributed by atoms with E-state index in [0.717, 1.165) is 36.8 Å². The molecule has 0 aromatic carbocycles. The Labute approximate surface area is 126 Å². The molecule has 104 valence electrons. The fraction of sp³-hybridized carbons (Fsp3) is 0.357. The van der Waals surface area contributed by atoms with Crippen molar-refractivity contribution in [3.05, 3.63) is 40.1 Å². The summed E-state index contributed by atoms with van der Waals surface area (Å²) in [7, 11) is 0. The standard InChI is InChI=1S/C14H16BrN5/c1-10-5-7-19(9-12(10)15)13-3-4-14(17-16-13)20-8-6-11(2)18-20/h3-4,6,8H,5,7,9H2,1-2H3. The van der Waals surface area contributed by atoms with Gasteiger partial charge in [-0.3, -0.25) is 0 Å². The van der Waals surface area contributed by atoms with E-state index in [2.05, 4.69) is 43.0 Å². The second-order valence-electron chi connectivity index (χ2n) is 5.01. The van der Waals surface area contributed by atoms with Crippen molar-refractivity contribution in [1.82, 2.24) is 20.0 Å². The minimum atomic E-state index is 0.740. The Hall–Kier alpha value is -1.69. The van der Waals surface area contributed by atoms with Gasteiger partial charge in [0.1, 0.15) is 0 Å². The quantitative estimate of drug-likeness (QED) is 0.847. The van der Waals surface area contributed by atoms with E-state index < -0.39 is 0 Å². The molecule has 0 amide bonds. The Bertz CT molecular complexity index is 644. The first kappa shape index (κ1) is 13.3. The van der Waals surface area contributed by atoms with Crippen molar-refractivity contribution in [3.8, 4) is 5.82 Å². The van der Waals surface area contributed by atoms with Crippen molar-refractivity contribution in [3.63, 3.8) is 0 Å². The SMILES string of the molecule is CC1=C(Br)CN(c2ccc(-n3ccc(C)n3)nn2)CC1. The second-order valence-corrected chi connectivity index (χ2v) is 5.97. The van der Waals surface area contributed by atoms with Crippen LogP contribution in [-0.2, 0) is 0 Å². The van der Waals surface area contributed by atoms with Gasteiger partial charge in [-0.2, -0.15) is 5.10 Å². The lowest BCUT2D eigenvalue weighted by Gasteiger charge is -2.28. The van der Waals surface area contributed by atoms with Crippen LogP contribution < -0.4 is 4.90 Å². The fourth-order valence-electron chi connectivity index (χ4n) is 2.17. The summed E-state index contributed by atoms with van der Waals surface area (Å²) in [6.07, 6.45) is 2.95. The lowest BCUT2D eigenvalue weighted by atomic mass is 10.1. The third kappa shape index (κ3) is 2.60. The second kappa shape index (κ2) is 5.36. The van der Waals surface area contributed by atoms with Crippen molar-refractivity contribution in [2.45, 2.75) is 20.3 Å². The molecule has 1 aliphatic heterocycles. The smallest absolute Gasteiger partial charge is 0.175 e. The average molecular weight is 334 g/mol. The molecule has 0 atom stereocenters. The minimum Gasteiger partial charge on any atom is -0.350 e. The zero-order valence-electron chi connectivity index (χ0n) is 11.5. The van der Waals surface area contributed by atoms with E-state index in [4.69, 9.17) is 0 Å². The number of hydrogen-bond donors (Lipinski definition) is 0. The highest BCUT2D eigenvalue weighted by molar-refractivity contribution is 9.11. The maximum atomic E-state index is 4.33. The van der Waals surface area contributed by atoms with E-state index in [-0.39, 0.29) is 0 Å². The molecule has 2 aromatic rings. The van der Waals surface area contributed by atoms with Crippen LogP contribution in [0.2, 0.25) is 0 Å². The van der Waals surface area contributed by atoms with Gasteiger partial charge < -0.3 is 4.90 Å². The van der Waals surface area contributed by atoms with Gasteiger partial charge in [0.15, 0.2) is 11.6 Å². The van der Waals surface area contributed by atoms with Crippen LogP contribution in [0, 0.1) is 6.92 Å². The molecule has 2 aromatic heterocycles. The monoisotopic (exact) mass is 333 g/mol. The molecule has 0 saturated heterocycles. The molecule has 0 bridgehead atoms. The van der Waals surface area contributed by atoms with Crippen LogP contribution in [0.4, 0.5) is 5.82 Å². The molecule has 3 heterocycles. The maximum absolute atomic E-state index is 4.33. The number of aryl methyl sites for hydroxylation is 1. The van der Waals surface area contributed by atoms with Gasteiger partial charge in [-0.1, -0.05) is 21.5 Å². The Morgan fingerprint density at radius 3 is 2.45 bits per heavy atom.